The van der Waals surface area contributed by atoms with E-state index in [2.05, 4.69) is 5.32 Å². The van der Waals surface area contributed by atoms with Crippen molar-refractivity contribution in [3.05, 3.63) is 60.2 Å². The van der Waals surface area contributed by atoms with Crippen LogP contribution in [-0.4, -0.2) is 38.4 Å². The van der Waals surface area contributed by atoms with E-state index in [9.17, 15) is 4.79 Å². The van der Waals surface area contributed by atoms with Crippen LogP contribution >= 0.6 is 0 Å². The van der Waals surface area contributed by atoms with Gasteiger partial charge >= 0.3 is 0 Å². The number of fused-ring (bicyclic) bond motifs is 1. The highest BCUT2D eigenvalue weighted by atomic mass is 16.6. The van der Waals surface area contributed by atoms with Gasteiger partial charge in [0.15, 0.2) is 11.5 Å². The molecule has 1 N–H and O–H groups in total. The summed E-state index contributed by atoms with van der Waals surface area (Å²) in [5, 5.41) is 3.09. The van der Waals surface area contributed by atoms with E-state index >= 15 is 0 Å². The number of para-hydroxylation sites is 2. The molecule has 4 rings (SSSR count). The molecule has 1 saturated heterocycles. The average molecular weight is 353 g/mol. The number of ether oxygens (including phenoxy) is 3. The summed E-state index contributed by atoms with van der Waals surface area (Å²) < 4.78 is 17.2. The summed E-state index contributed by atoms with van der Waals surface area (Å²) in [5.41, 5.74) is 0.513. The van der Waals surface area contributed by atoms with Crippen LogP contribution in [0.1, 0.15) is 18.4 Å². The lowest BCUT2D eigenvalue weighted by Gasteiger charge is -2.37. The van der Waals surface area contributed by atoms with Crippen molar-refractivity contribution in [1.29, 1.82) is 0 Å². The molecule has 2 aliphatic rings. The van der Waals surface area contributed by atoms with Crippen LogP contribution in [0.4, 0.5) is 0 Å². The van der Waals surface area contributed by atoms with Crippen molar-refractivity contribution >= 4 is 5.91 Å². The first-order valence-electron chi connectivity index (χ1n) is 9.08. The molecule has 0 aromatic heterocycles. The van der Waals surface area contributed by atoms with Crippen molar-refractivity contribution in [1.82, 2.24) is 5.32 Å². The number of nitrogens with one attached hydrogen (secondary N) is 1. The number of hydrogen-bond acceptors (Lipinski definition) is 4. The molecule has 0 bridgehead atoms. The van der Waals surface area contributed by atoms with Crippen LogP contribution in [-0.2, 0) is 14.9 Å². The molecule has 0 saturated carbocycles. The summed E-state index contributed by atoms with van der Waals surface area (Å²) in [7, 11) is 0. The van der Waals surface area contributed by atoms with E-state index in [0.717, 1.165) is 17.1 Å². The van der Waals surface area contributed by atoms with Crippen LogP contribution in [0.15, 0.2) is 54.6 Å². The van der Waals surface area contributed by atoms with Gasteiger partial charge in [0.2, 0.25) is 5.91 Å². The molecule has 0 spiro atoms. The van der Waals surface area contributed by atoms with Crippen LogP contribution < -0.4 is 14.8 Å². The van der Waals surface area contributed by atoms with Crippen LogP contribution in [0.3, 0.4) is 0 Å². The first-order chi connectivity index (χ1) is 12.8. The minimum Gasteiger partial charge on any atom is -0.486 e. The van der Waals surface area contributed by atoms with Gasteiger partial charge in [-0.25, -0.2) is 0 Å². The number of rotatable bonds is 4. The Hall–Kier alpha value is -2.53. The Morgan fingerprint density at radius 1 is 1.00 bits per heavy atom. The highest BCUT2D eigenvalue weighted by Crippen LogP contribution is 2.35. The van der Waals surface area contributed by atoms with E-state index in [4.69, 9.17) is 14.2 Å². The molecule has 1 fully saturated rings. The largest absolute Gasteiger partial charge is 0.486 e. The Kier molecular flexibility index (Phi) is 4.80. The van der Waals surface area contributed by atoms with Gasteiger partial charge in [0.1, 0.15) is 12.7 Å². The highest BCUT2D eigenvalue weighted by molar-refractivity contribution is 5.88. The molecule has 1 atom stereocenters. The second-order valence-electron chi connectivity index (χ2n) is 6.77. The fraction of sp³-hybridized carbons (Fsp3) is 0.381. The number of amides is 1. The summed E-state index contributed by atoms with van der Waals surface area (Å²) in [6, 6.07) is 17.6. The Morgan fingerprint density at radius 2 is 1.69 bits per heavy atom. The fourth-order valence-corrected chi connectivity index (χ4v) is 3.66. The first kappa shape index (κ1) is 16.9. The molecule has 0 aliphatic carbocycles. The monoisotopic (exact) mass is 353 g/mol. The summed E-state index contributed by atoms with van der Waals surface area (Å²) in [4.78, 5) is 13.1. The molecule has 2 aromatic rings. The lowest BCUT2D eigenvalue weighted by Crippen LogP contribution is -2.51. The van der Waals surface area contributed by atoms with Crippen molar-refractivity contribution in [3.8, 4) is 11.5 Å². The number of carbonyl (C=O) groups excluding carboxylic acids is 1. The topological polar surface area (TPSA) is 56.8 Å². The van der Waals surface area contributed by atoms with Gasteiger partial charge in [-0.1, -0.05) is 42.5 Å². The normalized spacial score (nSPS) is 21.0. The molecule has 1 amide bonds. The highest BCUT2D eigenvalue weighted by Gasteiger charge is 2.41. The van der Waals surface area contributed by atoms with Gasteiger partial charge in [0.05, 0.1) is 12.0 Å². The second kappa shape index (κ2) is 7.38. The molecule has 0 radical (unpaired) electrons. The van der Waals surface area contributed by atoms with Crippen LogP contribution in [0.2, 0.25) is 0 Å². The Morgan fingerprint density at radius 3 is 2.46 bits per heavy atom. The second-order valence-corrected chi connectivity index (χ2v) is 6.77. The smallest absolute Gasteiger partial charge is 0.230 e. The number of hydrogen-bond donors (Lipinski definition) is 1. The van der Waals surface area contributed by atoms with Gasteiger partial charge in [0, 0.05) is 13.2 Å². The van der Waals surface area contributed by atoms with E-state index in [1.165, 1.54) is 0 Å². The van der Waals surface area contributed by atoms with Crippen molar-refractivity contribution in [2.24, 2.45) is 0 Å². The third kappa shape index (κ3) is 3.27. The zero-order valence-electron chi connectivity index (χ0n) is 14.6. The number of benzene rings is 2. The summed E-state index contributed by atoms with van der Waals surface area (Å²) in [5.74, 6) is 1.51. The molecule has 2 aromatic carbocycles. The van der Waals surface area contributed by atoms with Gasteiger partial charge < -0.3 is 19.5 Å². The summed E-state index contributed by atoms with van der Waals surface area (Å²) >= 11 is 0. The molecule has 5 heteroatoms. The minimum atomic E-state index is -0.535. The molecule has 1 unspecified atom stereocenters. The maximum Gasteiger partial charge on any atom is 0.230 e. The van der Waals surface area contributed by atoms with E-state index in [-0.39, 0.29) is 12.0 Å². The van der Waals surface area contributed by atoms with E-state index in [1.807, 2.05) is 54.6 Å². The fourth-order valence-electron chi connectivity index (χ4n) is 3.66. The van der Waals surface area contributed by atoms with E-state index in [1.54, 1.807) is 0 Å². The SMILES string of the molecule is O=C(NCC1COc2ccccc2O1)C1(c2ccccc2)CCOCC1. The lowest BCUT2D eigenvalue weighted by molar-refractivity contribution is -0.131. The van der Waals surface area contributed by atoms with E-state index < -0.39 is 5.41 Å². The molecule has 2 heterocycles. The van der Waals surface area contributed by atoms with Crippen molar-refractivity contribution in [2.45, 2.75) is 24.4 Å². The van der Waals surface area contributed by atoms with Crippen molar-refractivity contribution in [3.63, 3.8) is 0 Å². The summed E-state index contributed by atoms with van der Waals surface area (Å²) in [6.07, 6.45) is 1.18. The van der Waals surface area contributed by atoms with Crippen molar-refractivity contribution in [2.75, 3.05) is 26.4 Å². The molecular weight excluding hydrogens is 330 g/mol. The Bertz CT molecular complexity index is 756. The zero-order valence-corrected chi connectivity index (χ0v) is 14.6. The Labute approximate surface area is 153 Å². The Balaban J connectivity index is 1.45. The molecule has 5 nitrogen and oxygen atoms in total. The predicted molar refractivity (Wildman–Crippen MR) is 97.5 cm³/mol. The van der Waals surface area contributed by atoms with Gasteiger partial charge in [-0.3, -0.25) is 4.79 Å². The molecule has 136 valence electrons. The quantitative estimate of drug-likeness (QED) is 0.918. The molecule has 2 aliphatic heterocycles. The molecule has 26 heavy (non-hydrogen) atoms. The third-order valence-electron chi connectivity index (χ3n) is 5.17. The van der Waals surface area contributed by atoms with Crippen molar-refractivity contribution < 1.29 is 19.0 Å². The van der Waals surface area contributed by atoms with Crippen LogP contribution in [0.5, 0.6) is 11.5 Å². The minimum absolute atomic E-state index is 0.0365. The zero-order chi connectivity index (χ0) is 17.8. The first-order valence-corrected chi connectivity index (χ1v) is 9.08. The van der Waals surface area contributed by atoms with Gasteiger partial charge in [-0.15, -0.1) is 0 Å². The van der Waals surface area contributed by atoms with Gasteiger partial charge in [-0.05, 0) is 30.5 Å². The number of carbonyl (C=O) groups is 1. The maximum atomic E-state index is 13.1. The van der Waals surface area contributed by atoms with E-state index in [0.29, 0.717) is 39.2 Å². The van der Waals surface area contributed by atoms with Gasteiger partial charge in [-0.2, -0.15) is 0 Å². The van der Waals surface area contributed by atoms with Crippen LogP contribution in [0.25, 0.3) is 0 Å². The molecular formula is C21H23NO4. The average Bonchev–Trinajstić information content (AvgIpc) is 2.73. The summed E-state index contributed by atoms with van der Waals surface area (Å²) in [6.45, 7) is 2.04. The third-order valence-corrected chi connectivity index (χ3v) is 5.17. The standard InChI is InChI=1S/C21H23NO4/c23-20(21(10-12-24-13-11-21)16-6-2-1-3-7-16)22-14-17-15-25-18-8-4-5-9-19(18)26-17/h1-9,17H,10-15H2,(H,22,23). The predicted octanol–water partition coefficient (Wildman–Crippen LogP) is 2.69. The van der Waals surface area contributed by atoms with Crippen LogP contribution in [0, 0.1) is 0 Å². The van der Waals surface area contributed by atoms with Gasteiger partial charge in [0.25, 0.3) is 0 Å². The maximum absolute atomic E-state index is 13.1. The lowest BCUT2D eigenvalue weighted by atomic mass is 9.73.